The highest BCUT2D eigenvalue weighted by molar-refractivity contribution is 5.65. The van der Waals surface area contributed by atoms with Crippen LogP contribution in [0.2, 0.25) is 0 Å². The summed E-state index contributed by atoms with van der Waals surface area (Å²) in [5, 5.41) is 107. The Kier molecular flexibility index (Phi) is 15.9. The average Bonchev–Trinajstić information content (AvgIpc) is 3.76. The molecule has 0 aromatic heterocycles. The summed E-state index contributed by atoms with van der Waals surface area (Å²) in [5.74, 6) is -0.645. The molecule has 4 heterocycles. The zero-order valence-corrected chi connectivity index (χ0v) is 40.3. The molecular formula is C48H78O20. The van der Waals surface area contributed by atoms with E-state index in [1.165, 1.54) is 13.8 Å². The molecule has 390 valence electrons. The minimum Gasteiger partial charge on any atom is -0.463 e. The van der Waals surface area contributed by atoms with Crippen molar-refractivity contribution in [3.63, 3.8) is 0 Å². The molecule has 3 saturated carbocycles. The van der Waals surface area contributed by atoms with Crippen LogP contribution in [-0.4, -0.2) is 200 Å². The standard InChI is InChI=1S/C48H78O20/c1-20(18-62-43-40(58)38(56)35(53)30(17-49)64-43)10-13-48(60-7)21(2)33-29(68-48)16-28-26-9-8-24-14-25(51)15-32(47(24,6)27(26)11-12-46(28,33)5)66-45-42(39(57)36(54)31(65-45)19-61-23(4)50)67-44-41(59)37(55)34(52)22(3)63-44/h8,20-22,25-45,49,51-59H,9-19H2,1-7H3/t20-,21+,22+,25-,26-,27+,28+,29+,30-,31-,32-,33+,34+,35-,36+,37-,38+,39+,40-,41-,42-,43-,44+,45+,46+,47+,48?/m1/s1. The van der Waals surface area contributed by atoms with Crippen LogP contribution in [0.4, 0.5) is 0 Å². The molecule has 68 heavy (non-hydrogen) atoms. The molecule has 0 radical (unpaired) electrons. The molecule has 0 spiro atoms. The number of ether oxygens (including phenoxy) is 9. The number of aliphatic hydroxyl groups excluding tert-OH is 10. The molecule has 27 atom stereocenters. The molecule has 1 unspecified atom stereocenters. The lowest BCUT2D eigenvalue weighted by Crippen LogP contribution is -2.65. The van der Waals surface area contributed by atoms with Gasteiger partial charge in [-0.1, -0.05) is 39.3 Å². The van der Waals surface area contributed by atoms with Crippen molar-refractivity contribution in [1.29, 1.82) is 0 Å². The summed E-state index contributed by atoms with van der Waals surface area (Å²) >= 11 is 0. The fourth-order valence-electron chi connectivity index (χ4n) is 14.1. The highest BCUT2D eigenvalue weighted by atomic mass is 16.8. The summed E-state index contributed by atoms with van der Waals surface area (Å²) < 4.78 is 55.1. The second-order valence-corrected chi connectivity index (χ2v) is 21.9. The average molecular weight is 975 g/mol. The first-order valence-corrected chi connectivity index (χ1v) is 24.8. The fourth-order valence-corrected chi connectivity index (χ4v) is 14.1. The number of aliphatic hydroxyl groups is 10. The first-order chi connectivity index (χ1) is 32.1. The molecule has 4 aliphatic carbocycles. The Labute approximate surface area is 397 Å². The van der Waals surface area contributed by atoms with Crippen LogP contribution in [0.15, 0.2) is 11.6 Å². The van der Waals surface area contributed by atoms with Gasteiger partial charge in [-0.3, -0.25) is 4.79 Å². The summed E-state index contributed by atoms with van der Waals surface area (Å²) in [5.41, 5.74) is 0.355. The molecule has 0 bridgehead atoms. The minimum atomic E-state index is -1.73. The number of allylic oxidation sites excluding steroid dienone is 1. The van der Waals surface area contributed by atoms with Gasteiger partial charge in [-0.2, -0.15) is 0 Å². The number of rotatable bonds is 14. The smallest absolute Gasteiger partial charge is 0.302 e. The lowest BCUT2D eigenvalue weighted by molar-refractivity contribution is -0.374. The highest BCUT2D eigenvalue weighted by Crippen LogP contribution is 2.70. The summed E-state index contributed by atoms with van der Waals surface area (Å²) in [6.07, 6.45) is -15.5. The van der Waals surface area contributed by atoms with Crippen LogP contribution >= 0.6 is 0 Å². The monoisotopic (exact) mass is 975 g/mol. The Morgan fingerprint density at radius 3 is 2.19 bits per heavy atom. The van der Waals surface area contributed by atoms with Gasteiger partial charge in [0.05, 0.1) is 37.6 Å². The van der Waals surface area contributed by atoms with Crippen LogP contribution in [0.3, 0.4) is 0 Å². The maximum atomic E-state index is 11.8. The van der Waals surface area contributed by atoms with Crippen LogP contribution in [0.5, 0.6) is 0 Å². The molecule has 0 aromatic rings. The Morgan fingerprint density at radius 2 is 1.50 bits per heavy atom. The van der Waals surface area contributed by atoms with Crippen molar-refractivity contribution in [3.05, 3.63) is 11.6 Å². The molecule has 4 aliphatic heterocycles. The van der Waals surface area contributed by atoms with Crippen molar-refractivity contribution in [2.24, 2.45) is 46.3 Å². The SMILES string of the molecule is COC1(CC[C@@H](C)CO[C@@H]2O[C@H](CO)[C@@H](O)[C@H](O)[C@H]2O)O[C@H]2C[C@H]3[C@@H]4CC=C5C[C@@H](O)C[C@@H](O[C@@H]6O[C@H](COC(C)=O)[C@H](O)[C@H](O)[C@H]6O[C@@H]6O[C@@H](C)[C@H](O)[C@@H](O)[C@H]6O)[C@]5(C)[C@H]4CC[C@]3(C)[C@H]2[C@@H]1C. The normalized spacial score (nSPS) is 52.8. The van der Waals surface area contributed by atoms with Crippen molar-refractivity contribution in [2.45, 2.75) is 209 Å². The molecule has 20 nitrogen and oxygen atoms in total. The molecule has 0 amide bonds. The van der Waals surface area contributed by atoms with E-state index in [4.69, 9.17) is 42.6 Å². The topological polar surface area (TPSA) is 302 Å². The van der Waals surface area contributed by atoms with Crippen LogP contribution in [0, 0.1) is 46.3 Å². The number of carbonyl (C=O) groups excluding carboxylic acids is 1. The van der Waals surface area contributed by atoms with Gasteiger partial charge in [0.2, 0.25) is 0 Å². The molecule has 20 heteroatoms. The number of methoxy groups -OCH3 is 1. The summed E-state index contributed by atoms with van der Waals surface area (Å²) in [7, 11) is 1.69. The Hall–Kier alpha value is -1.51. The third-order valence-electron chi connectivity index (χ3n) is 18.0. The second kappa shape index (κ2) is 20.4. The van der Waals surface area contributed by atoms with Crippen molar-refractivity contribution in [3.8, 4) is 0 Å². The number of hydrogen-bond donors (Lipinski definition) is 10. The van der Waals surface area contributed by atoms with E-state index in [0.29, 0.717) is 19.3 Å². The van der Waals surface area contributed by atoms with Gasteiger partial charge in [-0.25, -0.2) is 0 Å². The third kappa shape index (κ3) is 9.27. The molecule has 7 fully saturated rings. The maximum absolute atomic E-state index is 11.8. The second-order valence-electron chi connectivity index (χ2n) is 21.9. The molecule has 8 aliphatic rings. The Bertz CT molecular complexity index is 1770. The highest BCUT2D eigenvalue weighted by Gasteiger charge is 2.69. The first kappa shape index (κ1) is 52.8. The predicted octanol–water partition coefficient (Wildman–Crippen LogP) is -0.636. The minimum absolute atomic E-state index is 0.0238. The molecule has 8 rings (SSSR count). The van der Waals surface area contributed by atoms with Crippen LogP contribution < -0.4 is 0 Å². The largest absolute Gasteiger partial charge is 0.463 e. The van der Waals surface area contributed by atoms with Crippen molar-refractivity contribution < 1.29 is 98.5 Å². The fraction of sp³-hybridized carbons (Fsp3) is 0.938. The van der Waals surface area contributed by atoms with Gasteiger partial charge < -0.3 is 93.7 Å². The summed E-state index contributed by atoms with van der Waals surface area (Å²) in [6, 6.07) is 0. The van der Waals surface area contributed by atoms with Crippen LogP contribution in [0.1, 0.15) is 92.9 Å². The van der Waals surface area contributed by atoms with Gasteiger partial charge in [-0.05, 0) is 80.5 Å². The molecular weight excluding hydrogens is 897 g/mol. The number of carbonyl (C=O) groups is 1. The predicted molar refractivity (Wildman–Crippen MR) is 233 cm³/mol. The maximum Gasteiger partial charge on any atom is 0.302 e. The van der Waals surface area contributed by atoms with Crippen molar-refractivity contribution in [1.82, 2.24) is 0 Å². The molecule has 4 saturated heterocycles. The Balaban J connectivity index is 0.977. The van der Waals surface area contributed by atoms with E-state index in [9.17, 15) is 55.9 Å². The number of fused-ring (bicyclic) bond motifs is 7. The van der Waals surface area contributed by atoms with E-state index >= 15 is 0 Å². The zero-order valence-electron chi connectivity index (χ0n) is 40.3. The van der Waals surface area contributed by atoms with Gasteiger partial charge in [0.1, 0.15) is 73.8 Å². The zero-order chi connectivity index (χ0) is 49.4. The van der Waals surface area contributed by atoms with E-state index in [-0.39, 0.29) is 60.1 Å². The van der Waals surface area contributed by atoms with Gasteiger partial charge in [0.25, 0.3) is 0 Å². The molecule has 0 aromatic carbocycles. The van der Waals surface area contributed by atoms with E-state index < -0.39 is 135 Å². The van der Waals surface area contributed by atoms with E-state index in [0.717, 1.165) is 31.3 Å². The van der Waals surface area contributed by atoms with Crippen LogP contribution in [0.25, 0.3) is 0 Å². The van der Waals surface area contributed by atoms with E-state index in [1.54, 1.807) is 7.11 Å². The van der Waals surface area contributed by atoms with Crippen molar-refractivity contribution >= 4 is 5.97 Å². The third-order valence-corrected chi connectivity index (χ3v) is 18.0. The van der Waals surface area contributed by atoms with Gasteiger partial charge in [0.15, 0.2) is 24.7 Å². The van der Waals surface area contributed by atoms with Gasteiger partial charge >= 0.3 is 5.97 Å². The van der Waals surface area contributed by atoms with Gasteiger partial charge in [0, 0.05) is 38.2 Å². The quantitative estimate of drug-likeness (QED) is 0.0765. The lowest BCUT2D eigenvalue weighted by atomic mass is 9.46. The Morgan fingerprint density at radius 1 is 0.824 bits per heavy atom. The molecule has 10 N–H and O–H groups in total. The lowest BCUT2D eigenvalue weighted by Gasteiger charge is -2.60. The number of esters is 1. The number of hydrogen-bond acceptors (Lipinski definition) is 20. The summed E-state index contributed by atoms with van der Waals surface area (Å²) in [4.78, 5) is 11.8. The van der Waals surface area contributed by atoms with Gasteiger partial charge in [-0.15, -0.1) is 0 Å². The van der Waals surface area contributed by atoms with Crippen LogP contribution in [-0.2, 0) is 47.4 Å². The van der Waals surface area contributed by atoms with E-state index in [1.807, 2.05) is 6.92 Å². The summed E-state index contributed by atoms with van der Waals surface area (Å²) in [6.45, 7) is 10.7. The van der Waals surface area contributed by atoms with E-state index in [2.05, 4.69) is 26.8 Å². The first-order valence-electron chi connectivity index (χ1n) is 24.8. The van der Waals surface area contributed by atoms with Crippen molar-refractivity contribution in [2.75, 3.05) is 26.9 Å².